The topological polar surface area (TPSA) is 56.8 Å². The monoisotopic (exact) mass is 304 g/mol. The van der Waals surface area contributed by atoms with Gasteiger partial charge < -0.3 is 4.74 Å². The van der Waals surface area contributed by atoms with E-state index in [9.17, 15) is 5.26 Å². The van der Waals surface area contributed by atoms with E-state index in [1.807, 2.05) is 44.2 Å². The molecule has 0 aliphatic carbocycles. The van der Waals surface area contributed by atoms with Crippen molar-refractivity contribution in [2.45, 2.75) is 32.6 Å². The van der Waals surface area contributed by atoms with Crippen LogP contribution in [0.3, 0.4) is 0 Å². The summed E-state index contributed by atoms with van der Waals surface area (Å²) in [6.07, 6.45) is 1.51. The van der Waals surface area contributed by atoms with E-state index >= 15 is 0 Å². The van der Waals surface area contributed by atoms with Crippen LogP contribution >= 0.6 is 0 Å². The van der Waals surface area contributed by atoms with Gasteiger partial charge in [-0.25, -0.2) is 0 Å². The molecule has 2 rings (SSSR count). The van der Waals surface area contributed by atoms with Crippen molar-refractivity contribution in [3.8, 4) is 17.9 Å². The fourth-order valence-corrected chi connectivity index (χ4v) is 2.62. The fraction of sp³-hybridized carbons (Fsp3) is 0.300. The summed E-state index contributed by atoms with van der Waals surface area (Å²) in [5.74, 6) is 0.734. The quantitative estimate of drug-likeness (QED) is 0.730. The first-order valence-corrected chi connectivity index (χ1v) is 7.74. The first-order valence-electron chi connectivity index (χ1n) is 7.74. The van der Waals surface area contributed by atoms with Crippen molar-refractivity contribution in [1.29, 1.82) is 10.5 Å². The lowest BCUT2D eigenvalue weighted by Crippen LogP contribution is -2.04. The Labute approximate surface area is 137 Å². The number of rotatable bonds is 6. The van der Waals surface area contributed by atoms with Crippen molar-refractivity contribution < 1.29 is 4.74 Å². The Kier molecular flexibility index (Phi) is 5.78. The van der Waals surface area contributed by atoms with E-state index in [2.05, 4.69) is 12.1 Å². The summed E-state index contributed by atoms with van der Waals surface area (Å²) < 4.78 is 5.88. The zero-order chi connectivity index (χ0) is 16.7. The molecule has 0 heterocycles. The Morgan fingerprint density at radius 1 is 1.04 bits per heavy atom. The molecule has 2 aromatic carbocycles. The van der Waals surface area contributed by atoms with Crippen molar-refractivity contribution in [2.24, 2.45) is 0 Å². The number of hydrogen-bond donors (Lipinski definition) is 0. The summed E-state index contributed by atoms with van der Waals surface area (Å²) in [6, 6.07) is 17.8. The van der Waals surface area contributed by atoms with Gasteiger partial charge in [0.05, 0.1) is 30.2 Å². The molecule has 116 valence electrons. The third-order valence-corrected chi connectivity index (χ3v) is 3.87. The number of benzene rings is 2. The van der Waals surface area contributed by atoms with Crippen molar-refractivity contribution >= 4 is 0 Å². The number of aryl methyl sites for hydroxylation is 2. The molecule has 0 radical (unpaired) electrons. The highest BCUT2D eigenvalue weighted by Crippen LogP contribution is 2.24. The SMILES string of the molecule is Cc1cccc(C)c1OCCCC(C#N)c1cccc(C#N)c1. The van der Waals surface area contributed by atoms with E-state index in [0.717, 1.165) is 35.3 Å². The lowest BCUT2D eigenvalue weighted by molar-refractivity contribution is 0.301. The molecule has 3 nitrogen and oxygen atoms in total. The number of ether oxygens (including phenoxy) is 1. The predicted octanol–water partition coefficient (Wildman–Crippen LogP) is 4.64. The van der Waals surface area contributed by atoms with E-state index < -0.39 is 0 Å². The Bertz CT molecular complexity index is 733. The first kappa shape index (κ1) is 16.6. The van der Waals surface area contributed by atoms with Crippen LogP contribution in [0.15, 0.2) is 42.5 Å². The number of hydrogen-bond acceptors (Lipinski definition) is 3. The van der Waals surface area contributed by atoms with Crippen LogP contribution in [0, 0.1) is 36.5 Å². The molecule has 0 aromatic heterocycles. The molecule has 1 unspecified atom stereocenters. The first-order chi connectivity index (χ1) is 11.2. The van der Waals surface area contributed by atoms with Crippen LogP contribution < -0.4 is 4.74 Å². The molecule has 0 aliphatic heterocycles. The molecule has 0 saturated heterocycles. The fourth-order valence-electron chi connectivity index (χ4n) is 2.62. The molecule has 1 atom stereocenters. The van der Waals surface area contributed by atoms with Gasteiger partial charge in [-0.15, -0.1) is 0 Å². The largest absolute Gasteiger partial charge is 0.493 e. The van der Waals surface area contributed by atoms with E-state index in [0.29, 0.717) is 12.2 Å². The van der Waals surface area contributed by atoms with Gasteiger partial charge in [-0.3, -0.25) is 0 Å². The number of para-hydroxylation sites is 1. The lowest BCUT2D eigenvalue weighted by atomic mass is 9.94. The minimum absolute atomic E-state index is 0.204. The second-order valence-corrected chi connectivity index (χ2v) is 5.63. The van der Waals surface area contributed by atoms with Crippen LogP contribution in [0.25, 0.3) is 0 Å². The molecule has 0 N–H and O–H groups in total. The standard InChI is InChI=1S/C20H20N2O/c1-15-6-3-7-16(2)20(15)23-11-5-10-19(14-22)18-9-4-8-17(12-18)13-21/h3-4,6-9,12,19H,5,10-11H2,1-2H3. The highest BCUT2D eigenvalue weighted by molar-refractivity contribution is 5.39. The average Bonchev–Trinajstić information content (AvgIpc) is 2.57. The molecular weight excluding hydrogens is 284 g/mol. The van der Waals surface area contributed by atoms with E-state index in [4.69, 9.17) is 10.00 Å². The summed E-state index contributed by atoms with van der Waals surface area (Å²) in [5.41, 5.74) is 3.75. The molecule has 0 spiro atoms. The smallest absolute Gasteiger partial charge is 0.125 e. The lowest BCUT2D eigenvalue weighted by Gasteiger charge is -2.13. The summed E-state index contributed by atoms with van der Waals surface area (Å²) >= 11 is 0. The molecule has 3 heteroatoms. The molecule has 0 saturated carbocycles. The molecule has 2 aromatic rings. The Balaban J connectivity index is 1.92. The molecule has 23 heavy (non-hydrogen) atoms. The average molecular weight is 304 g/mol. The molecule has 0 amide bonds. The van der Waals surface area contributed by atoms with Crippen LogP contribution in [-0.2, 0) is 0 Å². The maximum atomic E-state index is 9.37. The minimum atomic E-state index is -0.204. The second-order valence-electron chi connectivity index (χ2n) is 5.63. The van der Waals surface area contributed by atoms with Crippen LogP contribution in [-0.4, -0.2) is 6.61 Å². The van der Waals surface area contributed by atoms with Gasteiger partial charge in [0.25, 0.3) is 0 Å². The van der Waals surface area contributed by atoms with Crippen molar-refractivity contribution in [2.75, 3.05) is 6.61 Å². The Morgan fingerprint density at radius 2 is 1.74 bits per heavy atom. The third-order valence-electron chi connectivity index (χ3n) is 3.87. The van der Waals surface area contributed by atoms with Crippen LogP contribution in [0.2, 0.25) is 0 Å². The zero-order valence-corrected chi connectivity index (χ0v) is 13.5. The van der Waals surface area contributed by atoms with Gasteiger partial charge in [0, 0.05) is 0 Å². The van der Waals surface area contributed by atoms with Crippen molar-refractivity contribution in [1.82, 2.24) is 0 Å². The van der Waals surface area contributed by atoms with Gasteiger partial charge in [0.1, 0.15) is 5.75 Å². The molecular formula is C20H20N2O. The van der Waals surface area contributed by atoms with Gasteiger partial charge in [0.15, 0.2) is 0 Å². The van der Waals surface area contributed by atoms with E-state index in [-0.39, 0.29) is 5.92 Å². The zero-order valence-electron chi connectivity index (χ0n) is 13.5. The van der Waals surface area contributed by atoms with Gasteiger partial charge in [-0.05, 0) is 55.5 Å². The summed E-state index contributed by atoms with van der Waals surface area (Å²) in [4.78, 5) is 0. The van der Waals surface area contributed by atoms with E-state index in [1.165, 1.54) is 0 Å². The van der Waals surface area contributed by atoms with Gasteiger partial charge in [-0.2, -0.15) is 10.5 Å². The molecule has 0 aliphatic rings. The second kappa shape index (κ2) is 8.01. The van der Waals surface area contributed by atoms with Gasteiger partial charge >= 0.3 is 0 Å². The predicted molar refractivity (Wildman–Crippen MR) is 90.2 cm³/mol. The summed E-state index contributed by atoms with van der Waals surface area (Å²) in [7, 11) is 0. The summed E-state index contributed by atoms with van der Waals surface area (Å²) in [5, 5.41) is 18.3. The minimum Gasteiger partial charge on any atom is -0.493 e. The van der Waals surface area contributed by atoms with Crippen LogP contribution in [0.5, 0.6) is 5.75 Å². The van der Waals surface area contributed by atoms with Crippen LogP contribution in [0.1, 0.15) is 41.0 Å². The maximum Gasteiger partial charge on any atom is 0.125 e. The normalized spacial score (nSPS) is 11.3. The third kappa shape index (κ3) is 4.34. The molecule has 0 fully saturated rings. The Hall–Kier alpha value is -2.78. The highest BCUT2D eigenvalue weighted by atomic mass is 16.5. The van der Waals surface area contributed by atoms with E-state index in [1.54, 1.807) is 12.1 Å². The highest BCUT2D eigenvalue weighted by Gasteiger charge is 2.11. The Morgan fingerprint density at radius 3 is 2.39 bits per heavy atom. The maximum absolute atomic E-state index is 9.37. The van der Waals surface area contributed by atoms with Gasteiger partial charge in [-0.1, -0.05) is 30.3 Å². The van der Waals surface area contributed by atoms with Crippen molar-refractivity contribution in [3.05, 3.63) is 64.7 Å². The number of nitriles is 2. The van der Waals surface area contributed by atoms with Gasteiger partial charge in [0.2, 0.25) is 0 Å². The van der Waals surface area contributed by atoms with Crippen molar-refractivity contribution in [3.63, 3.8) is 0 Å². The number of nitrogens with zero attached hydrogens (tertiary/aromatic N) is 2. The molecule has 0 bridgehead atoms. The van der Waals surface area contributed by atoms with Crippen LogP contribution in [0.4, 0.5) is 0 Å². The summed E-state index contributed by atoms with van der Waals surface area (Å²) in [6.45, 7) is 4.66.